The summed E-state index contributed by atoms with van der Waals surface area (Å²) in [6, 6.07) is 1.46. The van der Waals surface area contributed by atoms with Crippen LogP contribution in [0.2, 0.25) is 0 Å². The van der Waals surface area contributed by atoms with Gasteiger partial charge in [0.15, 0.2) is 5.65 Å². The number of hydrogen-bond donors (Lipinski definition) is 4. The summed E-state index contributed by atoms with van der Waals surface area (Å²) >= 11 is 0. The Hall–Kier alpha value is -4.40. The van der Waals surface area contributed by atoms with Gasteiger partial charge in [0.2, 0.25) is 11.9 Å². The Kier molecular flexibility index (Phi) is 9.60. The molecule has 218 valence electrons. The van der Waals surface area contributed by atoms with E-state index in [9.17, 15) is 9.59 Å². The third-order valence-corrected chi connectivity index (χ3v) is 6.37. The van der Waals surface area contributed by atoms with Crippen molar-refractivity contribution in [2.45, 2.75) is 78.4 Å². The number of likely N-dealkylation sites (tertiary alicyclic amines) is 1. The predicted octanol–water partition coefficient (Wildman–Crippen LogP) is 4.27. The maximum Gasteiger partial charge on any atom is 0.410 e. The van der Waals surface area contributed by atoms with Crippen LogP contribution in [0.3, 0.4) is 0 Å². The molecule has 0 bridgehead atoms. The SMILES string of the molecule is CCCNc1nc(Nc2cnc3n[nH]c(C)c3c2)ncc1C#CCCCNC(=O)[C@@H]1CCCN1C(=O)OC(C)(C)C. The fourth-order valence-electron chi connectivity index (χ4n) is 4.37. The normalized spacial score (nSPS) is 14.9. The fraction of sp³-hybridized carbons (Fsp3) is 0.517. The van der Waals surface area contributed by atoms with E-state index in [4.69, 9.17) is 4.74 Å². The highest BCUT2D eigenvalue weighted by atomic mass is 16.6. The molecule has 0 aliphatic carbocycles. The van der Waals surface area contributed by atoms with Crippen LogP contribution in [0.4, 0.5) is 22.2 Å². The molecular weight excluding hydrogens is 522 g/mol. The Bertz CT molecular complexity index is 1430. The summed E-state index contributed by atoms with van der Waals surface area (Å²) in [5.74, 6) is 7.26. The highest BCUT2D eigenvalue weighted by Crippen LogP contribution is 2.22. The van der Waals surface area contributed by atoms with E-state index in [1.165, 1.54) is 4.90 Å². The summed E-state index contributed by atoms with van der Waals surface area (Å²) in [6.45, 7) is 11.2. The summed E-state index contributed by atoms with van der Waals surface area (Å²) in [6.07, 6.45) is 6.57. The first kappa shape index (κ1) is 29.6. The largest absolute Gasteiger partial charge is 0.444 e. The van der Waals surface area contributed by atoms with Gasteiger partial charge in [-0.05, 0) is 59.4 Å². The van der Waals surface area contributed by atoms with Crippen LogP contribution in [0, 0.1) is 18.8 Å². The zero-order valence-electron chi connectivity index (χ0n) is 24.4. The molecule has 3 aromatic rings. The minimum absolute atomic E-state index is 0.152. The Morgan fingerprint density at radius 2 is 2.05 bits per heavy atom. The number of hydrogen-bond acceptors (Lipinski definition) is 9. The number of fused-ring (bicyclic) bond motifs is 1. The van der Waals surface area contributed by atoms with E-state index in [0.29, 0.717) is 55.3 Å². The van der Waals surface area contributed by atoms with Crippen molar-refractivity contribution in [2.24, 2.45) is 0 Å². The van der Waals surface area contributed by atoms with Gasteiger partial charge in [0.05, 0.1) is 23.6 Å². The zero-order chi connectivity index (χ0) is 29.4. The number of nitrogens with one attached hydrogen (secondary N) is 4. The first-order valence-electron chi connectivity index (χ1n) is 14.1. The van der Waals surface area contributed by atoms with Crippen molar-refractivity contribution in [1.29, 1.82) is 0 Å². The maximum atomic E-state index is 12.7. The molecule has 1 aliphatic rings. The third kappa shape index (κ3) is 8.06. The lowest BCUT2D eigenvalue weighted by atomic mass is 10.2. The minimum Gasteiger partial charge on any atom is -0.444 e. The summed E-state index contributed by atoms with van der Waals surface area (Å²) in [4.78, 5) is 40.1. The van der Waals surface area contributed by atoms with Crippen molar-refractivity contribution in [3.05, 3.63) is 29.7 Å². The van der Waals surface area contributed by atoms with Crippen LogP contribution in [0.15, 0.2) is 18.5 Å². The molecule has 0 spiro atoms. The van der Waals surface area contributed by atoms with E-state index in [-0.39, 0.29) is 5.91 Å². The quantitative estimate of drug-likeness (QED) is 0.222. The van der Waals surface area contributed by atoms with Gasteiger partial charge < -0.3 is 20.7 Å². The molecule has 4 N–H and O–H groups in total. The van der Waals surface area contributed by atoms with Crippen LogP contribution in [0.25, 0.3) is 11.0 Å². The van der Waals surface area contributed by atoms with Gasteiger partial charge in [-0.2, -0.15) is 10.1 Å². The second-order valence-corrected chi connectivity index (χ2v) is 11.0. The number of amides is 2. The number of anilines is 3. The highest BCUT2D eigenvalue weighted by molar-refractivity contribution is 5.86. The second-order valence-electron chi connectivity index (χ2n) is 11.0. The van der Waals surface area contributed by atoms with Crippen molar-refractivity contribution >= 4 is 40.5 Å². The van der Waals surface area contributed by atoms with E-state index in [2.05, 4.69) is 59.9 Å². The van der Waals surface area contributed by atoms with Gasteiger partial charge in [-0.3, -0.25) is 14.8 Å². The van der Waals surface area contributed by atoms with Crippen LogP contribution >= 0.6 is 0 Å². The number of pyridine rings is 1. The molecule has 4 rings (SSSR count). The van der Waals surface area contributed by atoms with Crippen LogP contribution in [0.5, 0.6) is 0 Å². The van der Waals surface area contributed by atoms with Crippen molar-refractivity contribution < 1.29 is 14.3 Å². The standard InChI is InChI=1S/C29H39N9O3/c1-6-13-30-24-20(17-33-27(35-24)34-21-16-22-19(2)36-37-25(22)32-18-21)11-8-7-9-14-31-26(39)23-12-10-15-38(23)28(40)41-29(3,4)5/h16-18,23H,6-7,9-10,12-15H2,1-5H3,(H,31,39)(H,32,36,37)(H2,30,33,34,35)/t23-/m0/s1. The summed E-state index contributed by atoms with van der Waals surface area (Å²) in [5, 5.41) is 17.5. The fourth-order valence-corrected chi connectivity index (χ4v) is 4.37. The zero-order valence-corrected chi connectivity index (χ0v) is 24.4. The van der Waals surface area contributed by atoms with E-state index in [0.717, 1.165) is 36.2 Å². The number of aromatic nitrogens is 5. The van der Waals surface area contributed by atoms with E-state index < -0.39 is 17.7 Å². The molecule has 12 heteroatoms. The Morgan fingerprint density at radius 1 is 1.22 bits per heavy atom. The Morgan fingerprint density at radius 3 is 2.83 bits per heavy atom. The summed E-state index contributed by atoms with van der Waals surface area (Å²) in [5.41, 5.74) is 2.46. The Labute approximate surface area is 240 Å². The van der Waals surface area contributed by atoms with Crippen LogP contribution in [-0.4, -0.2) is 73.3 Å². The average molecular weight is 562 g/mol. The first-order valence-corrected chi connectivity index (χ1v) is 14.1. The molecular formula is C29H39N9O3. The van der Waals surface area contributed by atoms with Crippen LogP contribution in [0.1, 0.15) is 71.1 Å². The van der Waals surface area contributed by atoms with Crippen LogP contribution in [-0.2, 0) is 9.53 Å². The highest BCUT2D eigenvalue weighted by Gasteiger charge is 2.36. The lowest BCUT2D eigenvalue weighted by molar-refractivity contribution is -0.125. The first-order chi connectivity index (χ1) is 19.6. The topological polar surface area (TPSA) is 150 Å². The van der Waals surface area contributed by atoms with Gasteiger partial charge in [-0.25, -0.2) is 14.8 Å². The molecule has 1 aliphatic heterocycles. The number of unbranched alkanes of at least 4 members (excludes halogenated alkanes) is 1. The molecule has 4 heterocycles. The van der Waals surface area contributed by atoms with Crippen molar-refractivity contribution in [1.82, 2.24) is 35.4 Å². The summed E-state index contributed by atoms with van der Waals surface area (Å²) < 4.78 is 5.45. The van der Waals surface area contributed by atoms with Gasteiger partial charge in [-0.15, -0.1) is 0 Å². The minimum atomic E-state index is -0.598. The third-order valence-electron chi connectivity index (χ3n) is 6.37. The van der Waals surface area contributed by atoms with Crippen molar-refractivity contribution in [3.8, 4) is 11.8 Å². The van der Waals surface area contributed by atoms with Gasteiger partial charge in [-0.1, -0.05) is 18.8 Å². The number of ether oxygens (including phenoxy) is 1. The molecule has 1 fully saturated rings. The lowest BCUT2D eigenvalue weighted by Crippen LogP contribution is -2.47. The number of carbonyl (C=O) groups excluding carboxylic acids is 2. The molecule has 0 aromatic carbocycles. The van der Waals surface area contributed by atoms with Crippen LogP contribution < -0.4 is 16.0 Å². The molecule has 1 atom stereocenters. The number of aryl methyl sites for hydroxylation is 1. The van der Waals surface area contributed by atoms with Crippen molar-refractivity contribution in [2.75, 3.05) is 30.3 Å². The van der Waals surface area contributed by atoms with Gasteiger partial charge in [0.1, 0.15) is 17.5 Å². The summed E-state index contributed by atoms with van der Waals surface area (Å²) in [7, 11) is 0. The second kappa shape index (κ2) is 13.3. The number of carbonyl (C=O) groups is 2. The lowest BCUT2D eigenvalue weighted by Gasteiger charge is -2.28. The molecule has 0 saturated carbocycles. The molecule has 3 aromatic heterocycles. The van der Waals surface area contributed by atoms with E-state index in [1.807, 2.05) is 33.8 Å². The molecule has 12 nitrogen and oxygen atoms in total. The van der Waals surface area contributed by atoms with Gasteiger partial charge >= 0.3 is 6.09 Å². The van der Waals surface area contributed by atoms with Crippen molar-refractivity contribution in [3.63, 3.8) is 0 Å². The monoisotopic (exact) mass is 561 g/mol. The molecule has 1 saturated heterocycles. The van der Waals surface area contributed by atoms with Gasteiger partial charge in [0.25, 0.3) is 0 Å². The molecule has 2 amide bonds. The average Bonchev–Trinajstić information content (AvgIpc) is 3.56. The van der Waals surface area contributed by atoms with Gasteiger partial charge in [0, 0.05) is 37.1 Å². The molecule has 0 unspecified atom stereocenters. The predicted molar refractivity (Wildman–Crippen MR) is 158 cm³/mol. The number of rotatable bonds is 9. The smallest absolute Gasteiger partial charge is 0.410 e. The number of nitrogens with zero attached hydrogens (tertiary/aromatic N) is 5. The molecule has 41 heavy (non-hydrogen) atoms. The number of aromatic amines is 1. The van der Waals surface area contributed by atoms with E-state index >= 15 is 0 Å². The Balaban J connectivity index is 1.30. The maximum absolute atomic E-state index is 12.7. The van der Waals surface area contributed by atoms with E-state index in [1.54, 1.807) is 12.4 Å². The number of H-pyrrole nitrogens is 1. The molecule has 0 radical (unpaired) electrons.